The Morgan fingerprint density at radius 3 is 2.14 bits per heavy atom. The maximum Gasteiger partial charge on any atom is 0.410 e. The highest BCUT2D eigenvalue weighted by atomic mass is 16.6. The van der Waals surface area contributed by atoms with Gasteiger partial charge in [-0.05, 0) is 45.0 Å². The second-order valence-corrected chi connectivity index (χ2v) is 7.73. The fraction of sp³-hybridized carbons (Fsp3) is 0.400. The minimum Gasteiger partial charge on any atom is -0.451 e. The predicted octanol–water partition coefficient (Wildman–Crippen LogP) is 3.55. The van der Waals surface area contributed by atoms with Gasteiger partial charge in [-0.15, -0.1) is 0 Å². The molecule has 9 heteroatoms. The molecule has 2 heterocycles. The smallest absolute Gasteiger partial charge is 0.410 e. The normalized spacial score (nSPS) is 14.6. The number of ether oxygens (including phenoxy) is 1. The number of nitrogens with zero attached hydrogens (tertiary/aromatic N) is 3. The number of nitro groups is 1. The first-order chi connectivity index (χ1) is 13.6. The molecule has 29 heavy (non-hydrogen) atoms. The molecule has 9 nitrogen and oxygen atoms in total. The van der Waals surface area contributed by atoms with E-state index in [1.165, 1.54) is 12.1 Å². The van der Waals surface area contributed by atoms with Gasteiger partial charge in [0, 0.05) is 43.9 Å². The maximum atomic E-state index is 12.7. The largest absolute Gasteiger partial charge is 0.451 e. The van der Waals surface area contributed by atoms with Crippen molar-refractivity contribution in [2.24, 2.45) is 0 Å². The number of non-ortho nitro benzene ring substituents is 1. The number of piperazine rings is 1. The number of hydrogen-bond acceptors (Lipinski definition) is 6. The van der Waals surface area contributed by atoms with Crippen LogP contribution in [0.15, 0.2) is 40.8 Å². The molecular weight excluding hydrogens is 378 g/mol. The molecule has 154 valence electrons. The first-order valence-corrected chi connectivity index (χ1v) is 9.26. The average Bonchev–Trinajstić information content (AvgIpc) is 3.16. The number of benzene rings is 1. The Kier molecular flexibility index (Phi) is 5.58. The van der Waals surface area contributed by atoms with Crippen LogP contribution in [-0.2, 0) is 4.74 Å². The quantitative estimate of drug-likeness (QED) is 0.575. The summed E-state index contributed by atoms with van der Waals surface area (Å²) in [5, 5.41) is 10.8. The summed E-state index contributed by atoms with van der Waals surface area (Å²) < 4.78 is 11.0. The van der Waals surface area contributed by atoms with E-state index < -0.39 is 10.5 Å². The Bertz CT molecular complexity index is 905. The molecule has 2 amide bonds. The van der Waals surface area contributed by atoms with Gasteiger partial charge in [-0.1, -0.05) is 0 Å². The van der Waals surface area contributed by atoms with Crippen LogP contribution >= 0.6 is 0 Å². The summed E-state index contributed by atoms with van der Waals surface area (Å²) in [7, 11) is 0. The van der Waals surface area contributed by atoms with Crippen molar-refractivity contribution >= 4 is 17.7 Å². The summed E-state index contributed by atoms with van der Waals surface area (Å²) in [4.78, 5) is 38.3. The van der Waals surface area contributed by atoms with E-state index in [-0.39, 0.29) is 23.4 Å². The molecule has 2 aromatic rings. The molecule has 3 rings (SSSR count). The van der Waals surface area contributed by atoms with Crippen LogP contribution in [0.1, 0.15) is 31.3 Å². The topological polar surface area (TPSA) is 106 Å². The predicted molar refractivity (Wildman–Crippen MR) is 105 cm³/mol. The second-order valence-electron chi connectivity index (χ2n) is 7.73. The van der Waals surface area contributed by atoms with Crippen molar-refractivity contribution in [1.29, 1.82) is 0 Å². The molecule has 0 aliphatic carbocycles. The molecule has 1 fully saturated rings. The first-order valence-electron chi connectivity index (χ1n) is 9.26. The van der Waals surface area contributed by atoms with E-state index in [0.717, 1.165) is 0 Å². The number of nitro benzene ring substituents is 1. The second kappa shape index (κ2) is 7.94. The van der Waals surface area contributed by atoms with E-state index in [1.807, 2.05) is 20.8 Å². The summed E-state index contributed by atoms with van der Waals surface area (Å²) >= 11 is 0. The van der Waals surface area contributed by atoms with Crippen molar-refractivity contribution in [3.63, 3.8) is 0 Å². The van der Waals surface area contributed by atoms with E-state index >= 15 is 0 Å². The SMILES string of the molecule is CC(C)(C)OC(=O)N1CCN(C(=O)c2ccc(-c3ccc([N+](=O)[O-])cc3)o2)CC1. The van der Waals surface area contributed by atoms with Crippen LogP contribution < -0.4 is 0 Å². The molecule has 1 aromatic carbocycles. The van der Waals surface area contributed by atoms with E-state index in [2.05, 4.69) is 0 Å². The van der Waals surface area contributed by atoms with Crippen molar-refractivity contribution in [2.75, 3.05) is 26.2 Å². The standard InChI is InChI=1S/C20H23N3O6/c1-20(2,3)29-19(25)22-12-10-21(11-13-22)18(24)17-9-8-16(28-17)14-4-6-15(7-5-14)23(26)27/h4-9H,10-13H2,1-3H3. The van der Waals surface area contributed by atoms with E-state index in [4.69, 9.17) is 9.15 Å². The van der Waals surface area contributed by atoms with Crippen LogP contribution in [-0.4, -0.2) is 58.5 Å². The zero-order valence-electron chi connectivity index (χ0n) is 16.6. The van der Waals surface area contributed by atoms with Crippen molar-refractivity contribution in [1.82, 2.24) is 9.80 Å². The van der Waals surface area contributed by atoms with Crippen LogP contribution in [0.25, 0.3) is 11.3 Å². The highest BCUT2D eigenvalue weighted by molar-refractivity contribution is 5.92. The monoisotopic (exact) mass is 401 g/mol. The Morgan fingerprint density at radius 1 is 1.00 bits per heavy atom. The van der Waals surface area contributed by atoms with Gasteiger partial charge >= 0.3 is 6.09 Å². The number of furan rings is 1. The van der Waals surface area contributed by atoms with Gasteiger partial charge < -0.3 is 19.0 Å². The van der Waals surface area contributed by atoms with Gasteiger partial charge in [0.1, 0.15) is 11.4 Å². The van der Waals surface area contributed by atoms with Gasteiger partial charge in [-0.25, -0.2) is 4.79 Å². The number of carbonyl (C=O) groups excluding carboxylic acids is 2. The Balaban J connectivity index is 1.61. The summed E-state index contributed by atoms with van der Waals surface area (Å²) in [6.07, 6.45) is -0.386. The van der Waals surface area contributed by atoms with Gasteiger partial charge in [0.2, 0.25) is 0 Å². The lowest BCUT2D eigenvalue weighted by molar-refractivity contribution is -0.384. The van der Waals surface area contributed by atoms with Gasteiger partial charge in [-0.2, -0.15) is 0 Å². The molecule has 1 aromatic heterocycles. The molecule has 0 saturated carbocycles. The van der Waals surface area contributed by atoms with Crippen LogP contribution in [0.5, 0.6) is 0 Å². The minimum atomic E-state index is -0.563. The third-order valence-corrected chi connectivity index (χ3v) is 4.40. The van der Waals surface area contributed by atoms with Crippen molar-refractivity contribution in [2.45, 2.75) is 26.4 Å². The van der Waals surface area contributed by atoms with Crippen LogP contribution in [0.3, 0.4) is 0 Å². The van der Waals surface area contributed by atoms with Gasteiger partial charge in [0.05, 0.1) is 4.92 Å². The third kappa shape index (κ3) is 4.92. The number of hydrogen-bond donors (Lipinski definition) is 0. The summed E-state index contributed by atoms with van der Waals surface area (Å²) in [6, 6.07) is 9.16. The van der Waals surface area contributed by atoms with Gasteiger partial charge in [0.15, 0.2) is 5.76 Å². The lowest BCUT2D eigenvalue weighted by Crippen LogP contribution is -2.51. The number of amides is 2. The zero-order chi connectivity index (χ0) is 21.2. The van der Waals surface area contributed by atoms with Crippen LogP contribution in [0, 0.1) is 10.1 Å². The number of rotatable bonds is 3. The summed E-state index contributed by atoms with van der Waals surface area (Å²) in [5.41, 5.74) is 0.0656. The van der Waals surface area contributed by atoms with Crippen molar-refractivity contribution in [3.05, 3.63) is 52.3 Å². The molecule has 1 aliphatic rings. The molecule has 0 bridgehead atoms. The summed E-state index contributed by atoms with van der Waals surface area (Å²) in [6.45, 7) is 6.96. The van der Waals surface area contributed by atoms with Crippen LogP contribution in [0.4, 0.5) is 10.5 Å². The highest BCUT2D eigenvalue weighted by Gasteiger charge is 2.29. The molecule has 0 atom stereocenters. The van der Waals surface area contributed by atoms with Crippen molar-refractivity contribution in [3.8, 4) is 11.3 Å². The molecule has 0 N–H and O–H groups in total. The molecule has 0 spiro atoms. The highest BCUT2D eigenvalue weighted by Crippen LogP contribution is 2.25. The molecule has 0 radical (unpaired) electrons. The minimum absolute atomic E-state index is 0.0144. The average molecular weight is 401 g/mol. The fourth-order valence-corrected chi connectivity index (χ4v) is 2.93. The van der Waals surface area contributed by atoms with E-state index in [1.54, 1.807) is 34.1 Å². The Labute approximate surface area is 168 Å². The van der Waals surface area contributed by atoms with E-state index in [9.17, 15) is 19.7 Å². The fourth-order valence-electron chi connectivity index (χ4n) is 2.93. The Morgan fingerprint density at radius 2 is 1.59 bits per heavy atom. The first kappa shape index (κ1) is 20.4. The molecular formula is C20H23N3O6. The van der Waals surface area contributed by atoms with Gasteiger partial charge in [-0.3, -0.25) is 14.9 Å². The summed E-state index contributed by atoms with van der Waals surface area (Å²) in [5.74, 6) is 0.377. The maximum absolute atomic E-state index is 12.7. The lowest BCUT2D eigenvalue weighted by atomic mass is 10.1. The Hall–Kier alpha value is -3.36. The molecule has 0 unspecified atom stereocenters. The van der Waals surface area contributed by atoms with Gasteiger partial charge in [0.25, 0.3) is 11.6 Å². The third-order valence-electron chi connectivity index (χ3n) is 4.40. The van der Waals surface area contributed by atoms with Crippen molar-refractivity contribution < 1.29 is 23.7 Å². The zero-order valence-corrected chi connectivity index (χ0v) is 16.6. The van der Waals surface area contributed by atoms with E-state index in [0.29, 0.717) is 37.5 Å². The number of carbonyl (C=O) groups is 2. The molecule has 1 aliphatic heterocycles. The molecule has 1 saturated heterocycles. The van der Waals surface area contributed by atoms with Crippen LogP contribution in [0.2, 0.25) is 0 Å². The lowest BCUT2D eigenvalue weighted by Gasteiger charge is -2.35.